The lowest BCUT2D eigenvalue weighted by Gasteiger charge is -2.32. The number of hydroxylamine groups is 1. The summed E-state index contributed by atoms with van der Waals surface area (Å²) < 4.78 is 0. The summed E-state index contributed by atoms with van der Waals surface area (Å²) in [6.07, 6.45) is 0.426. The molecular weight excluding hydrogens is 298 g/mol. The molecule has 0 aromatic carbocycles. The molecule has 0 rings (SSSR count). The number of nitrogens with one attached hydrogen (secondary N) is 1. The average Bonchev–Trinajstić information content (AvgIpc) is 2.46. The quantitative estimate of drug-likeness (QED) is 0.500. The second kappa shape index (κ2) is 8.40. The maximum atomic E-state index is 12.7. The van der Waals surface area contributed by atoms with Gasteiger partial charge in [-0.3, -0.25) is 24.5 Å². The minimum Gasteiger partial charge on any atom is -0.319 e. The van der Waals surface area contributed by atoms with Crippen LogP contribution in [-0.4, -0.2) is 40.9 Å². The summed E-state index contributed by atoms with van der Waals surface area (Å²) >= 11 is 0. The lowest BCUT2D eigenvalue weighted by Crippen LogP contribution is -2.53. The Bertz CT molecular complexity index is 443. The minimum atomic E-state index is -0.821. The Morgan fingerprint density at radius 2 is 1.61 bits per heavy atom. The van der Waals surface area contributed by atoms with Crippen LogP contribution in [0.3, 0.4) is 0 Å². The molecule has 7 heteroatoms. The normalized spacial score (nSPS) is 15.7. The fourth-order valence-corrected chi connectivity index (χ4v) is 2.25. The van der Waals surface area contributed by atoms with Crippen molar-refractivity contribution >= 4 is 17.7 Å². The number of nitrogens with zero attached hydrogens (tertiary/aromatic N) is 1. The number of carbonyl (C=O) groups is 3. The fraction of sp³-hybridized carbons (Fsp3) is 0.812. The fourth-order valence-electron chi connectivity index (χ4n) is 2.25. The number of amides is 3. The van der Waals surface area contributed by atoms with E-state index in [4.69, 9.17) is 10.9 Å². The number of hydrogen-bond acceptors (Lipinski definition) is 5. The molecule has 0 bridgehead atoms. The monoisotopic (exact) mass is 329 g/mol. The first-order valence-corrected chi connectivity index (χ1v) is 7.85. The van der Waals surface area contributed by atoms with E-state index in [1.165, 1.54) is 7.05 Å². The van der Waals surface area contributed by atoms with Gasteiger partial charge in [0.15, 0.2) is 0 Å². The summed E-state index contributed by atoms with van der Waals surface area (Å²) in [7, 11) is 1.38. The van der Waals surface area contributed by atoms with Gasteiger partial charge in [0.2, 0.25) is 17.7 Å². The summed E-state index contributed by atoms with van der Waals surface area (Å²) in [6, 6.07) is -0.821. The van der Waals surface area contributed by atoms with E-state index in [-0.39, 0.29) is 5.92 Å². The first-order valence-electron chi connectivity index (χ1n) is 7.85. The lowest BCUT2D eigenvalue weighted by molar-refractivity contribution is -0.152. The third-order valence-electron chi connectivity index (χ3n) is 4.03. The van der Waals surface area contributed by atoms with E-state index in [9.17, 15) is 14.4 Å². The SMILES string of the molecule is CC(C)C[C@@H](C(=O)N(C)C(=O)[C@@H](N)C(C)(C)C)[C@H](C)C(=O)NO. The van der Waals surface area contributed by atoms with Crippen LogP contribution in [0.4, 0.5) is 0 Å². The first kappa shape index (κ1) is 21.5. The number of hydrogen-bond donors (Lipinski definition) is 3. The molecule has 0 aromatic rings. The smallest absolute Gasteiger partial charge is 0.246 e. The molecule has 23 heavy (non-hydrogen) atoms. The van der Waals surface area contributed by atoms with Crippen molar-refractivity contribution in [3.63, 3.8) is 0 Å². The van der Waals surface area contributed by atoms with E-state index >= 15 is 0 Å². The standard InChI is InChI=1S/C16H31N3O4/c1-9(2)8-11(10(3)13(20)18-23)14(21)19(7)15(22)12(17)16(4,5)6/h9-12,23H,8,17H2,1-7H3,(H,18,20)/t10-,11+,12+/m0/s1. The van der Waals surface area contributed by atoms with Gasteiger partial charge in [0.25, 0.3) is 0 Å². The molecule has 7 nitrogen and oxygen atoms in total. The van der Waals surface area contributed by atoms with Gasteiger partial charge >= 0.3 is 0 Å². The van der Waals surface area contributed by atoms with Crippen LogP contribution in [0.2, 0.25) is 0 Å². The molecule has 0 aliphatic rings. The molecule has 0 aromatic heterocycles. The molecule has 0 saturated heterocycles. The molecule has 3 atom stereocenters. The van der Waals surface area contributed by atoms with E-state index in [0.29, 0.717) is 6.42 Å². The largest absolute Gasteiger partial charge is 0.319 e. The number of imide groups is 1. The summed E-state index contributed by atoms with van der Waals surface area (Å²) in [4.78, 5) is 37.8. The van der Waals surface area contributed by atoms with Gasteiger partial charge in [-0.25, -0.2) is 5.48 Å². The van der Waals surface area contributed by atoms with E-state index in [0.717, 1.165) is 4.90 Å². The van der Waals surface area contributed by atoms with Crippen LogP contribution >= 0.6 is 0 Å². The van der Waals surface area contributed by atoms with Gasteiger partial charge in [-0.15, -0.1) is 0 Å². The minimum absolute atomic E-state index is 0.151. The number of likely N-dealkylation sites (N-methyl/N-ethyl adjacent to an activating group) is 1. The second-order valence-corrected chi connectivity index (χ2v) is 7.58. The molecule has 0 heterocycles. The van der Waals surface area contributed by atoms with E-state index in [1.54, 1.807) is 12.4 Å². The molecule has 0 aliphatic heterocycles. The molecule has 0 radical (unpaired) electrons. The van der Waals surface area contributed by atoms with Gasteiger partial charge in [0.1, 0.15) is 0 Å². The second-order valence-electron chi connectivity index (χ2n) is 7.58. The van der Waals surface area contributed by atoms with E-state index in [2.05, 4.69) is 0 Å². The van der Waals surface area contributed by atoms with Gasteiger partial charge in [0, 0.05) is 13.0 Å². The lowest BCUT2D eigenvalue weighted by atomic mass is 9.83. The summed E-state index contributed by atoms with van der Waals surface area (Å²) in [5, 5.41) is 8.80. The zero-order chi connectivity index (χ0) is 18.5. The van der Waals surface area contributed by atoms with Crippen LogP contribution in [0.5, 0.6) is 0 Å². The van der Waals surface area contributed by atoms with Crippen molar-refractivity contribution in [2.24, 2.45) is 28.9 Å². The van der Waals surface area contributed by atoms with Crippen molar-refractivity contribution in [1.29, 1.82) is 0 Å². The van der Waals surface area contributed by atoms with Crippen molar-refractivity contribution in [3.8, 4) is 0 Å². The molecule has 0 unspecified atom stereocenters. The Hall–Kier alpha value is -1.47. The molecular formula is C16H31N3O4. The topological polar surface area (TPSA) is 113 Å². The van der Waals surface area contributed by atoms with Crippen molar-refractivity contribution in [2.75, 3.05) is 7.05 Å². The highest BCUT2D eigenvalue weighted by atomic mass is 16.5. The average molecular weight is 329 g/mol. The zero-order valence-corrected chi connectivity index (χ0v) is 15.2. The molecule has 0 spiro atoms. The number of carbonyl (C=O) groups excluding carboxylic acids is 3. The highest BCUT2D eigenvalue weighted by Gasteiger charge is 2.38. The highest BCUT2D eigenvalue weighted by molar-refractivity contribution is 6.00. The molecule has 0 saturated carbocycles. The van der Waals surface area contributed by atoms with Gasteiger partial charge in [-0.2, -0.15) is 0 Å². The summed E-state index contributed by atoms with van der Waals surface area (Å²) in [6.45, 7) is 10.9. The first-order chi connectivity index (χ1) is 10.3. The third kappa shape index (κ3) is 5.91. The number of nitrogens with two attached hydrogens (primary N) is 1. The Kier molecular flexibility index (Phi) is 7.86. The Morgan fingerprint density at radius 3 is 1.96 bits per heavy atom. The van der Waals surface area contributed by atoms with Crippen LogP contribution in [0, 0.1) is 23.2 Å². The third-order valence-corrected chi connectivity index (χ3v) is 4.03. The van der Waals surface area contributed by atoms with Crippen LogP contribution < -0.4 is 11.2 Å². The van der Waals surface area contributed by atoms with Crippen LogP contribution in [0.15, 0.2) is 0 Å². The van der Waals surface area contributed by atoms with E-state index in [1.807, 2.05) is 34.6 Å². The zero-order valence-electron chi connectivity index (χ0n) is 15.2. The van der Waals surface area contributed by atoms with Crippen molar-refractivity contribution in [3.05, 3.63) is 0 Å². The molecule has 134 valence electrons. The molecule has 0 fully saturated rings. The molecule has 3 amide bonds. The molecule has 4 N–H and O–H groups in total. The van der Waals surface area contributed by atoms with Crippen molar-refractivity contribution in [1.82, 2.24) is 10.4 Å². The van der Waals surface area contributed by atoms with Gasteiger partial charge in [-0.1, -0.05) is 41.5 Å². The van der Waals surface area contributed by atoms with Crippen molar-refractivity contribution in [2.45, 2.75) is 54.0 Å². The summed E-state index contributed by atoms with van der Waals surface area (Å²) in [5.41, 5.74) is 7.02. The Labute approximate surface area is 138 Å². The van der Waals surface area contributed by atoms with Crippen molar-refractivity contribution < 1.29 is 19.6 Å². The molecule has 0 aliphatic carbocycles. The predicted molar refractivity (Wildman–Crippen MR) is 87.2 cm³/mol. The maximum absolute atomic E-state index is 12.7. The van der Waals surface area contributed by atoms with Crippen LogP contribution in [-0.2, 0) is 14.4 Å². The van der Waals surface area contributed by atoms with Gasteiger partial charge in [-0.05, 0) is 17.8 Å². The Balaban J connectivity index is 5.36. The van der Waals surface area contributed by atoms with E-state index < -0.39 is 41.0 Å². The van der Waals surface area contributed by atoms with Crippen LogP contribution in [0.1, 0.15) is 48.0 Å². The predicted octanol–water partition coefficient (Wildman–Crippen LogP) is 1.15. The highest BCUT2D eigenvalue weighted by Crippen LogP contribution is 2.25. The van der Waals surface area contributed by atoms with Gasteiger partial charge in [0.05, 0.1) is 12.0 Å². The maximum Gasteiger partial charge on any atom is 0.246 e. The van der Waals surface area contributed by atoms with Crippen LogP contribution in [0.25, 0.3) is 0 Å². The summed E-state index contributed by atoms with van der Waals surface area (Å²) in [5.74, 6) is -2.89. The Morgan fingerprint density at radius 1 is 1.13 bits per heavy atom. The number of rotatable bonds is 6. The van der Waals surface area contributed by atoms with Gasteiger partial charge < -0.3 is 5.73 Å².